The van der Waals surface area contributed by atoms with Gasteiger partial charge in [-0.1, -0.05) is 18.2 Å². The van der Waals surface area contributed by atoms with E-state index in [1.165, 1.54) is 11.3 Å². The number of carbonyl (C=O) groups is 2. The molecule has 24 heavy (non-hydrogen) atoms. The second kappa shape index (κ2) is 7.13. The summed E-state index contributed by atoms with van der Waals surface area (Å²) in [6.45, 7) is 0.731. The number of hydrogen-bond acceptors (Lipinski definition) is 4. The van der Waals surface area contributed by atoms with Gasteiger partial charge in [-0.3, -0.25) is 9.59 Å². The van der Waals surface area contributed by atoms with E-state index >= 15 is 0 Å². The van der Waals surface area contributed by atoms with E-state index in [4.69, 9.17) is 0 Å². The Hall–Kier alpha value is -2.21. The van der Waals surface area contributed by atoms with Crippen molar-refractivity contribution >= 4 is 23.2 Å². The van der Waals surface area contributed by atoms with Crippen LogP contribution in [0, 0.1) is 0 Å². The second-order valence-electron chi connectivity index (χ2n) is 6.14. The van der Waals surface area contributed by atoms with Gasteiger partial charge in [0.25, 0.3) is 11.8 Å². The van der Waals surface area contributed by atoms with Gasteiger partial charge in [-0.25, -0.2) is 4.98 Å². The van der Waals surface area contributed by atoms with Crippen LogP contribution < -0.4 is 0 Å². The lowest BCUT2D eigenvalue weighted by atomic mass is 10.0. The van der Waals surface area contributed by atoms with Crippen LogP contribution in [0.15, 0.2) is 36.5 Å². The van der Waals surface area contributed by atoms with Crippen molar-refractivity contribution in [3.8, 4) is 0 Å². The van der Waals surface area contributed by atoms with E-state index in [0.29, 0.717) is 10.4 Å². The summed E-state index contributed by atoms with van der Waals surface area (Å²) in [7, 11) is 3.46. The minimum absolute atomic E-state index is 0.0380. The average molecular weight is 343 g/mol. The number of rotatable bonds is 3. The van der Waals surface area contributed by atoms with Gasteiger partial charge < -0.3 is 9.80 Å². The monoisotopic (exact) mass is 343 g/mol. The van der Waals surface area contributed by atoms with Crippen LogP contribution in [0.4, 0.5) is 0 Å². The fourth-order valence-corrected chi connectivity index (χ4v) is 4.03. The highest BCUT2D eigenvalue weighted by Crippen LogP contribution is 2.34. The Morgan fingerprint density at radius 1 is 1.21 bits per heavy atom. The van der Waals surface area contributed by atoms with E-state index in [1.807, 2.05) is 35.2 Å². The van der Waals surface area contributed by atoms with Crippen molar-refractivity contribution in [3.63, 3.8) is 0 Å². The third kappa shape index (κ3) is 3.33. The van der Waals surface area contributed by atoms with Crippen molar-refractivity contribution in [2.75, 3.05) is 20.6 Å². The molecule has 2 aromatic rings. The quantitative estimate of drug-likeness (QED) is 0.860. The van der Waals surface area contributed by atoms with E-state index in [2.05, 4.69) is 4.98 Å². The minimum atomic E-state index is -0.0458. The number of amides is 2. The fraction of sp³-hybridized carbons (Fsp3) is 0.389. The fourth-order valence-electron chi connectivity index (χ4n) is 2.94. The van der Waals surface area contributed by atoms with Crippen LogP contribution in [0.5, 0.6) is 0 Å². The number of carbonyl (C=O) groups excluding carboxylic acids is 2. The number of piperidine rings is 1. The Balaban J connectivity index is 1.85. The molecule has 1 aliphatic heterocycles. The standard InChI is InChI=1S/C18H21N3O2S/c1-20(2)18(23)15-12-19-16(24-15)14-10-6-7-11-21(14)17(22)13-8-4-3-5-9-13/h3-5,8-9,12,14H,6-7,10-11H2,1-2H3/t14-/m1/s1. The SMILES string of the molecule is CN(C)C(=O)c1cnc([C@H]2CCCCN2C(=O)c2ccccc2)s1. The molecule has 2 amide bonds. The van der Waals surface area contributed by atoms with Gasteiger partial charge in [0.2, 0.25) is 0 Å². The average Bonchev–Trinajstić information content (AvgIpc) is 3.11. The van der Waals surface area contributed by atoms with Crippen molar-refractivity contribution in [2.24, 2.45) is 0 Å². The Morgan fingerprint density at radius 2 is 1.96 bits per heavy atom. The molecule has 1 fully saturated rings. The van der Waals surface area contributed by atoms with Crippen LogP contribution in [-0.2, 0) is 0 Å². The van der Waals surface area contributed by atoms with Crippen molar-refractivity contribution < 1.29 is 9.59 Å². The summed E-state index contributed by atoms with van der Waals surface area (Å²) in [4.78, 5) is 33.5. The first-order valence-electron chi connectivity index (χ1n) is 8.11. The zero-order chi connectivity index (χ0) is 17.1. The van der Waals surface area contributed by atoms with Crippen molar-refractivity contribution in [2.45, 2.75) is 25.3 Å². The Morgan fingerprint density at radius 3 is 2.67 bits per heavy atom. The number of likely N-dealkylation sites (tertiary alicyclic amines) is 1. The molecule has 0 saturated carbocycles. The lowest BCUT2D eigenvalue weighted by Crippen LogP contribution is -2.38. The van der Waals surface area contributed by atoms with Crippen LogP contribution in [0.3, 0.4) is 0 Å². The smallest absolute Gasteiger partial charge is 0.265 e. The third-order valence-corrected chi connectivity index (χ3v) is 5.30. The molecule has 5 nitrogen and oxygen atoms in total. The molecule has 126 valence electrons. The topological polar surface area (TPSA) is 53.5 Å². The molecule has 1 saturated heterocycles. The zero-order valence-electron chi connectivity index (χ0n) is 13.9. The predicted octanol–water partition coefficient (Wildman–Crippen LogP) is 3.21. The number of aromatic nitrogens is 1. The highest BCUT2D eigenvalue weighted by molar-refractivity contribution is 7.13. The van der Waals surface area contributed by atoms with Crippen LogP contribution >= 0.6 is 11.3 Å². The second-order valence-corrected chi connectivity index (χ2v) is 7.20. The number of thiazole rings is 1. The maximum absolute atomic E-state index is 12.9. The molecule has 1 atom stereocenters. The lowest BCUT2D eigenvalue weighted by Gasteiger charge is -2.34. The molecular formula is C18H21N3O2S. The molecular weight excluding hydrogens is 322 g/mol. The summed E-state index contributed by atoms with van der Waals surface area (Å²) in [5.41, 5.74) is 0.700. The molecule has 6 heteroatoms. The summed E-state index contributed by atoms with van der Waals surface area (Å²) in [6.07, 6.45) is 4.59. The maximum Gasteiger partial charge on any atom is 0.265 e. The number of hydrogen-bond donors (Lipinski definition) is 0. The Labute approximate surface area is 145 Å². The first kappa shape index (κ1) is 16.6. The molecule has 2 heterocycles. The van der Waals surface area contributed by atoms with Crippen molar-refractivity contribution in [3.05, 3.63) is 52.0 Å². The van der Waals surface area contributed by atoms with Crippen LogP contribution in [0.1, 0.15) is 50.3 Å². The maximum atomic E-state index is 12.9. The third-order valence-electron chi connectivity index (χ3n) is 4.21. The number of benzene rings is 1. The molecule has 0 unspecified atom stereocenters. The highest BCUT2D eigenvalue weighted by Gasteiger charge is 2.31. The number of nitrogens with zero attached hydrogens (tertiary/aromatic N) is 3. The summed E-state index contributed by atoms with van der Waals surface area (Å²) >= 11 is 1.40. The van der Waals surface area contributed by atoms with Crippen molar-refractivity contribution in [1.29, 1.82) is 0 Å². The van der Waals surface area contributed by atoms with Gasteiger partial charge in [0.05, 0.1) is 12.2 Å². The van der Waals surface area contributed by atoms with Gasteiger partial charge in [0, 0.05) is 26.2 Å². The van der Waals surface area contributed by atoms with Crippen LogP contribution in [-0.4, -0.2) is 47.2 Å². The van der Waals surface area contributed by atoms with Crippen LogP contribution in [0.25, 0.3) is 0 Å². The van der Waals surface area contributed by atoms with Gasteiger partial charge in [0.1, 0.15) is 9.88 Å². The largest absolute Gasteiger partial charge is 0.344 e. The Bertz CT molecular complexity index is 727. The zero-order valence-corrected chi connectivity index (χ0v) is 14.8. The molecule has 0 spiro atoms. The van der Waals surface area contributed by atoms with E-state index in [0.717, 1.165) is 30.8 Å². The predicted molar refractivity (Wildman–Crippen MR) is 94.2 cm³/mol. The molecule has 1 aliphatic rings. The molecule has 1 aromatic heterocycles. The molecule has 0 bridgehead atoms. The van der Waals surface area contributed by atoms with Gasteiger partial charge in [-0.05, 0) is 31.4 Å². The van der Waals surface area contributed by atoms with Gasteiger partial charge in [-0.15, -0.1) is 11.3 Å². The summed E-state index contributed by atoms with van der Waals surface area (Å²) in [5, 5.41) is 0.851. The van der Waals surface area contributed by atoms with E-state index in [9.17, 15) is 9.59 Å². The summed E-state index contributed by atoms with van der Waals surface area (Å²) in [6, 6.07) is 9.31. The Kier molecular flexibility index (Phi) is 4.94. The molecule has 1 aromatic carbocycles. The van der Waals surface area contributed by atoms with E-state index in [1.54, 1.807) is 25.2 Å². The first-order chi connectivity index (χ1) is 11.6. The van der Waals surface area contributed by atoms with Gasteiger partial charge in [-0.2, -0.15) is 0 Å². The lowest BCUT2D eigenvalue weighted by molar-refractivity contribution is 0.0611. The van der Waals surface area contributed by atoms with Crippen molar-refractivity contribution in [1.82, 2.24) is 14.8 Å². The highest BCUT2D eigenvalue weighted by atomic mass is 32.1. The molecule has 3 rings (SSSR count). The van der Waals surface area contributed by atoms with E-state index < -0.39 is 0 Å². The van der Waals surface area contributed by atoms with Crippen LogP contribution in [0.2, 0.25) is 0 Å². The van der Waals surface area contributed by atoms with Gasteiger partial charge >= 0.3 is 0 Å². The summed E-state index contributed by atoms with van der Waals surface area (Å²) < 4.78 is 0. The molecule has 0 aliphatic carbocycles. The van der Waals surface area contributed by atoms with E-state index in [-0.39, 0.29) is 17.9 Å². The molecule has 0 N–H and O–H groups in total. The van der Waals surface area contributed by atoms with Gasteiger partial charge in [0.15, 0.2) is 0 Å². The molecule has 0 radical (unpaired) electrons. The first-order valence-corrected chi connectivity index (χ1v) is 8.93. The minimum Gasteiger partial charge on any atom is -0.344 e. The summed E-state index contributed by atoms with van der Waals surface area (Å²) in [5.74, 6) is -0.00789. The normalized spacial score (nSPS) is 17.6.